The molecule has 2 rings (SSSR count). The number of amides is 1. The first-order valence-electron chi connectivity index (χ1n) is 6.16. The van der Waals surface area contributed by atoms with Crippen LogP contribution in [0.5, 0.6) is 0 Å². The molecule has 2 saturated heterocycles. The molecule has 17 heavy (non-hydrogen) atoms. The number of hydrogen-bond acceptors (Lipinski definition) is 4. The third kappa shape index (κ3) is 2.37. The van der Waals surface area contributed by atoms with E-state index >= 15 is 0 Å². The van der Waals surface area contributed by atoms with Crippen LogP contribution in [0.25, 0.3) is 0 Å². The van der Waals surface area contributed by atoms with E-state index in [4.69, 9.17) is 9.47 Å². The van der Waals surface area contributed by atoms with Crippen LogP contribution in [0.3, 0.4) is 0 Å². The smallest absolute Gasteiger partial charge is 0.410 e. The van der Waals surface area contributed by atoms with Crippen molar-refractivity contribution in [2.75, 3.05) is 19.7 Å². The molecule has 0 N–H and O–H groups in total. The van der Waals surface area contributed by atoms with Crippen molar-refractivity contribution < 1.29 is 19.1 Å². The molecule has 1 amide bonds. The van der Waals surface area contributed by atoms with Gasteiger partial charge in [-0.3, -0.25) is 4.79 Å². The van der Waals surface area contributed by atoms with Crippen molar-refractivity contribution in [3.05, 3.63) is 0 Å². The molecule has 0 bridgehead atoms. The van der Waals surface area contributed by atoms with Crippen LogP contribution in [0, 0.1) is 5.41 Å². The normalized spacial score (nSPS) is 23.0. The second kappa shape index (κ2) is 4.55. The SMILES string of the molecule is CC(C)OC(=O)N1CCC2(CCOC2=O)CC1. The Bertz CT molecular complexity index is 318. The first kappa shape index (κ1) is 12.2. The van der Waals surface area contributed by atoms with Crippen molar-refractivity contribution in [2.45, 2.75) is 39.2 Å². The topological polar surface area (TPSA) is 55.8 Å². The lowest BCUT2D eigenvalue weighted by atomic mass is 9.77. The summed E-state index contributed by atoms with van der Waals surface area (Å²) in [4.78, 5) is 25.0. The summed E-state index contributed by atoms with van der Waals surface area (Å²) in [6.07, 6.45) is 1.80. The Labute approximate surface area is 101 Å². The van der Waals surface area contributed by atoms with Gasteiger partial charge in [0.1, 0.15) is 0 Å². The molecule has 0 aromatic rings. The molecule has 0 unspecified atom stereocenters. The van der Waals surface area contributed by atoms with E-state index in [1.165, 1.54) is 0 Å². The molecule has 5 heteroatoms. The fourth-order valence-corrected chi connectivity index (χ4v) is 2.44. The highest BCUT2D eigenvalue weighted by atomic mass is 16.6. The molecule has 0 aromatic carbocycles. The van der Waals surface area contributed by atoms with Crippen LogP contribution < -0.4 is 0 Å². The zero-order valence-electron chi connectivity index (χ0n) is 10.4. The van der Waals surface area contributed by atoms with Crippen molar-refractivity contribution in [1.29, 1.82) is 0 Å². The van der Waals surface area contributed by atoms with Crippen LogP contribution in [-0.4, -0.2) is 42.8 Å². The zero-order chi connectivity index (χ0) is 12.5. The van der Waals surface area contributed by atoms with Gasteiger partial charge in [-0.1, -0.05) is 0 Å². The van der Waals surface area contributed by atoms with Gasteiger partial charge in [0.15, 0.2) is 0 Å². The summed E-state index contributed by atoms with van der Waals surface area (Å²) in [5, 5.41) is 0. The van der Waals surface area contributed by atoms with Crippen molar-refractivity contribution in [2.24, 2.45) is 5.41 Å². The van der Waals surface area contributed by atoms with Gasteiger partial charge in [0.2, 0.25) is 0 Å². The van der Waals surface area contributed by atoms with E-state index in [1.807, 2.05) is 13.8 Å². The van der Waals surface area contributed by atoms with Gasteiger partial charge in [0.05, 0.1) is 18.1 Å². The van der Waals surface area contributed by atoms with Crippen LogP contribution in [0.15, 0.2) is 0 Å². The lowest BCUT2D eigenvalue weighted by molar-refractivity contribution is -0.148. The van der Waals surface area contributed by atoms with Crippen LogP contribution in [0.1, 0.15) is 33.1 Å². The zero-order valence-corrected chi connectivity index (χ0v) is 10.4. The average Bonchev–Trinajstić information content (AvgIpc) is 2.60. The molecule has 5 nitrogen and oxygen atoms in total. The molecule has 2 fully saturated rings. The van der Waals surface area contributed by atoms with E-state index in [9.17, 15) is 9.59 Å². The fraction of sp³-hybridized carbons (Fsp3) is 0.833. The minimum atomic E-state index is -0.325. The Morgan fingerprint density at radius 1 is 1.35 bits per heavy atom. The minimum Gasteiger partial charge on any atom is -0.465 e. The summed E-state index contributed by atoms with van der Waals surface area (Å²) < 4.78 is 10.2. The van der Waals surface area contributed by atoms with Gasteiger partial charge in [-0.2, -0.15) is 0 Å². The summed E-state index contributed by atoms with van der Waals surface area (Å²) in [5.74, 6) is -0.0885. The van der Waals surface area contributed by atoms with Crippen molar-refractivity contribution in [3.8, 4) is 0 Å². The summed E-state index contributed by atoms with van der Waals surface area (Å²) >= 11 is 0. The highest BCUT2D eigenvalue weighted by Crippen LogP contribution is 2.40. The molecular weight excluding hydrogens is 222 g/mol. The van der Waals surface area contributed by atoms with E-state index in [0.29, 0.717) is 32.5 Å². The Hall–Kier alpha value is -1.26. The lowest BCUT2D eigenvalue weighted by Crippen LogP contribution is -2.45. The first-order valence-corrected chi connectivity index (χ1v) is 6.16. The van der Waals surface area contributed by atoms with E-state index < -0.39 is 0 Å². The Morgan fingerprint density at radius 3 is 2.47 bits per heavy atom. The van der Waals surface area contributed by atoms with E-state index in [-0.39, 0.29) is 23.6 Å². The number of ether oxygens (including phenoxy) is 2. The van der Waals surface area contributed by atoms with Crippen molar-refractivity contribution in [1.82, 2.24) is 4.90 Å². The van der Waals surface area contributed by atoms with Crippen LogP contribution >= 0.6 is 0 Å². The second-order valence-electron chi connectivity index (χ2n) is 5.09. The number of nitrogens with zero attached hydrogens (tertiary/aromatic N) is 1. The molecule has 0 atom stereocenters. The van der Waals surface area contributed by atoms with Gasteiger partial charge < -0.3 is 14.4 Å². The third-order valence-corrected chi connectivity index (χ3v) is 3.56. The van der Waals surface area contributed by atoms with E-state index in [2.05, 4.69) is 0 Å². The molecule has 1 spiro atoms. The number of cyclic esters (lactones) is 1. The molecule has 0 aliphatic carbocycles. The number of carbonyl (C=O) groups is 2. The maximum absolute atomic E-state index is 11.7. The summed E-state index contributed by atoms with van der Waals surface area (Å²) in [6.45, 7) is 5.35. The molecule has 2 heterocycles. The van der Waals surface area contributed by atoms with E-state index in [0.717, 1.165) is 6.42 Å². The lowest BCUT2D eigenvalue weighted by Gasteiger charge is -2.36. The van der Waals surface area contributed by atoms with Crippen LogP contribution in [-0.2, 0) is 14.3 Å². The van der Waals surface area contributed by atoms with Gasteiger partial charge in [-0.25, -0.2) is 4.79 Å². The number of esters is 1. The van der Waals surface area contributed by atoms with Crippen molar-refractivity contribution in [3.63, 3.8) is 0 Å². The standard InChI is InChI=1S/C12H19NO4/c1-9(2)17-11(15)13-6-3-12(4-7-13)5-8-16-10(12)14/h9H,3-8H2,1-2H3. The van der Waals surface area contributed by atoms with Gasteiger partial charge in [0.25, 0.3) is 0 Å². The van der Waals surface area contributed by atoms with Crippen molar-refractivity contribution >= 4 is 12.1 Å². The number of piperidine rings is 1. The minimum absolute atomic E-state index is 0.0885. The average molecular weight is 241 g/mol. The first-order chi connectivity index (χ1) is 8.03. The molecular formula is C12H19NO4. The Kier molecular flexibility index (Phi) is 3.26. The summed E-state index contributed by atoms with van der Waals surface area (Å²) in [6, 6.07) is 0. The molecule has 2 aliphatic heterocycles. The predicted molar refractivity (Wildman–Crippen MR) is 60.4 cm³/mol. The molecule has 96 valence electrons. The fourth-order valence-electron chi connectivity index (χ4n) is 2.44. The Balaban J connectivity index is 1.90. The quantitative estimate of drug-likeness (QED) is 0.654. The van der Waals surface area contributed by atoms with Gasteiger partial charge in [-0.05, 0) is 33.1 Å². The largest absolute Gasteiger partial charge is 0.465 e. The van der Waals surface area contributed by atoms with E-state index in [1.54, 1.807) is 4.90 Å². The summed E-state index contributed by atoms with van der Waals surface area (Å²) in [5.41, 5.74) is -0.325. The van der Waals surface area contributed by atoms with Crippen LogP contribution in [0.2, 0.25) is 0 Å². The summed E-state index contributed by atoms with van der Waals surface area (Å²) in [7, 11) is 0. The number of carbonyl (C=O) groups excluding carboxylic acids is 2. The number of hydrogen-bond donors (Lipinski definition) is 0. The van der Waals surface area contributed by atoms with Gasteiger partial charge >= 0.3 is 12.1 Å². The maximum Gasteiger partial charge on any atom is 0.410 e. The highest BCUT2D eigenvalue weighted by Gasteiger charge is 2.47. The predicted octanol–water partition coefficient (Wildman–Crippen LogP) is 1.56. The third-order valence-electron chi connectivity index (χ3n) is 3.56. The van der Waals surface area contributed by atoms with Gasteiger partial charge in [0, 0.05) is 13.1 Å². The Morgan fingerprint density at radius 2 is 2.00 bits per heavy atom. The molecule has 0 aromatic heterocycles. The molecule has 0 saturated carbocycles. The molecule has 0 radical (unpaired) electrons. The highest BCUT2D eigenvalue weighted by molar-refractivity contribution is 5.79. The number of likely N-dealkylation sites (tertiary alicyclic amines) is 1. The van der Waals surface area contributed by atoms with Crippen LogP contribution in [0.4, 0.5) is 4.79 Å². The maximum atomic E-state index is 11.7. The molecule has 2 aliphatic rings. The monoisotopic (exact) mass is 241 g/mol. The van der Waals surface area contributed by atoms with Gasteiger partial charge in [-0.15, -0.1) is 0 Å². The number of rotatable bonds is 1. The second-order valence-corrected chi connectivity index (χ2v) is 5.09.